The maximum absolute atomic E-state index is 12.4. The summed E-state index contributed by atoms with van der Waals surface area (Å²) in [5.41, 5.74) is 0.439. The lowest BCUT2D eigenvalue weighted by molar-refractivity contribution is 0.0620. The van der Waals surface area contributed by atoms with Gasteiger partial charge in [0.15, 0.2) is 5.69 Å². The van der Waals surface area contributed by atoms with Crippen LogP contribution in [0.3, 0.4) is 0 Å². The number of likely N-dealkylation sites (tertiary alicyclic amines) is 1. The summed E-state index contributed by atoms with van der Waals surface area (Å²) in [6, 6.07) is 3.59. The molecule has 0 spiro atoms. The van der Waals surface area contributed by atoms with E-state index in [0.717, 1.165) is 38.3 Å². The fourth-order valence-electron chi connectivity index (χ4n) is 2.40. The number of hydrogen-bond donors (Lipinski definition) is 1. The summed E-state index contributed by atoms with van der Waals surface area (Å²) in [7, 11) is 0. The van der Waals surface area contributed by atoms with Crippen molar-refractivity contribution in [2.24, 2.45) is 11.8 Å². The first-order chi connectivity index (χ1) is 9.61. The van der Waals surface area contributed by atoms with Gasteiger partial charge in [0.25, 0.3) is 5.91 Å². The summed E-state index contributed by atoms with van der Waals surface area (Å²) in [6.07, 6.45) is 2.10. The van der Waals surface area contributed by atoms with Crippen molar-refractivity contribution in [1.82, 2.24) is 15.1 Å². The average molecular weight is 276 g/mol. The maximum Gasteiger partial charge on any atom is 0.274 e. The van der Waals surface area contributed by atoms with Crippen LogP contribution in [0.4, 0.5) is 5.82 Å². The Balaban J connectivity index is 1.98. The number of amides is 1. The van der Waals surface area contributed by atoms with Crippen LogP contribution in [0.2, 0.25) is 0 Å². The molecule has 5 nitrogen and oxygen atoms in total. The Kier molecular flexibility index (Phi) is 4.93. The fourth-order valence-corrected chi connectivity index (χ4v) is 2.40. The molecule has 1 aliphatic rings. The molecular formula is C15H24N4O. The first-order valence-electron chi connectivity index (χ1n) is 7.48. The Labute approximate surface area is 120 Å². The van der Waals surface area contributed by atoms with Crippen molar-refractivity contribution < 1.29 is 4.79 Å². The fraction of sp³-hybridized carbons (Fsp3) is 0.667. The second-order valence-corrected chi connectivity index (χ2v) is 5.73. The predicted octanol–water partition coefficient (Wildman–Crippen LogP) is 2.42. The van der Waals surface area contributed by atoms with Crippen molar-refractivity contribution in [1.29, 1.82) is 0 Å². The van der Waals surface area contributed by atoms with Gasteiger partial charge in [0.05, 0.1) is 0 Å². The molecule has 2 unspecified atom stereocenters. The summed E-state index contributed by atoms with van der Waals surface area (Å²) < 4.78 is 0. The highest BCUT2D eigenvalue weighted by molar-refractivity contribution is 5.92. The van der Waals surface area contributed by atoms with Crippen molar-refractivity contribution >= 4 is 11.7 Å². The maximum atomic E-state index is 12.4. The minimum Gasteiger partial charge on any atom is -0.369 e. The zero-order valence-electron chi connectivity index (χ0n) is 12.6. The first-order valence-corrected chi connectivity index (χ1v) is 7.48. The highest BCUT2D eigenvalue weighted by Gasteiger charge is 2.27. The third-order valence-corrected chi connectivity index (χ3v) is 4.06. The van der Waals surface area contributed by atoms with Gasteiger partial charge in [-0.2, -0.15) is 0 Å². The summed E-state index contributed by atoms with van der Waals surface area (Å²) in [5, 5.41) is 11.3. The SMILES string of the molecule is CCCNc1ccc(C(=O)N2CCC(C)C(C)C2)nn1. The average Bonchev–Trinajstić information content (AvgIpc) is 2.48. The second kappa shape index (κ2) is 6.68. The van der Waals surface area contributed by atoms with E-state index in [1.54, 1.807) is 6.07 Å². The molecule has 0 saturated carbocycles. The van der Waals surface area contributed by atoms with Crippen LogP contribution in [0.1, 0.15) is 44.1 Å². The molecule has 0 bridgehead atoms. The Bertz CT molecular complexity index is 446. The van der Waals surface area contributed by atoms with Gasteiger partial charge in [0, 0.05) is 19.6 Å². The van der Waals surface area contributed by atoms with Gasteiger partial charge in [-0.3, -0.25) is 4.79 Å². The summed E-state index contributed by atoms with van der Waals surface area (Å²) in [4.78, 5) is 14.3. The highest BCUT2D eigenvalue weighted by atomic mass is 16.2. The summed E-state index contributed by atoms with van der Waals surface area (Å²) >= 11 is 0. The van der Waals surface area contributed by atoms with Crippen LogP contribution in [-0.2, 0) is 0 Å². The number of carbonyl (C=O) groups excluding carboxylic acids is 1. The molecule has 2 atom stereocenters. The Hall–Kier alpha value is -1.65. The molecule has 1 aromatic heterocycles. The van der Waals surface area contributed by atoms with Crippen LogP contribution in [-0.4, -0.2) is 40.6 Å². The monoisotopic (exact) mass is 276 g/mol. The van der Waals surface area contributed by atoms with Crippen molar-refractivity contribution in [3.63, 3.8) is 0 Å². The molecular weight excluding hydrogens is 252 g/mol. The number of nitrogens with one attached hydrogen (secondary N) is 1. The van der Waals surface area contributed by atoms with Crippen LogP contribution in [0.25, 0.3) is 0 Å². The number of anilines is 1. The molecule has 1 fully saturated rings. The molecule has 5 heteroatoms. The quantitative estimate of drug-likeness (QED) is 0.917. The lowest BCUT2D eigenvalue weighted by Crippen LogP contribution is -2.42. The minimum absolute atomic E-state index is 0.00158. The van der Waals surface area contributed by atoms with Gasteiger partial charge in [-0.15, -0.1) is 10.2 Å². The van der Waals surface area contributed by atoms with Gasteiger partial charge >= 0.3 is 0 Å². The lowest BCUT2D eigenvalue weighted by atomic mass is 9.88. The van der Waals surface area contributed by atoms with Crippen LogP contribution in [0.5, 0.6) is 0 Å². The van der Waals surface area contributed by atoms with E-state index in [9.17, 15) is 4.79 Å². The standard InChI is InChI=1S/C15H24N4O/c1-4-8-16-14-6-5-13(17-18-14)15(20)19-9-7-11(2)12(3)10-19/h5-6,11-12H,4,7-10H2,1-3H3,(H,16,18). The molecule has 1 saturated heterocycles. The van der Waals surface area contributed by atoms with E-state index in [1.807, 2.05) is 11.0 Å². The van der Waals surface area contributed by atoms with E-state index in [-0.39, 0.29) is 5.91 Å². The van der Waals surface area contributed by atoms with E-state index in [1.165, 1.54) is 0 Å². The molecule has 1 aromatic rings. The molecule has 20 heavy (non-hydrogen) atoms. The number of hydrogen-bond acceptors (Lipinski definition) is 4. The molecule has 0 radical (unpaired) electrons. The summed E-state index contributed by atoms with van der Waals surface area (Å²) in [5.74, 6) is 1.96. The van der Waals surface area contributed by atoms with Gasteiger partial charge in [0.1, 0.15) is 5.82 Å². The Morgan fingerprint density at radius 1 is 1.35 bits per heavy atom. The molecule has 0 aromatic carbocycles. The minimum atomic E-state index is -0.00158. The smallest absolute Gasteiger partial charge is 0.274 e. The molecule has 0 aliphatic carbocycles. The van der Waals surface area contributed by atoms with Crippen LogP contribution in [0.15, 0.2) is 12.1 Å². The molecule has 2 rings (SSSR count). The lowest BCUT2D eigenvalue weighted by Gasteiger charge is -2.35. The third-order valence-electron chi connectivity index (χ3n) is 4.06. The van der Waals surface area contributed by atoms with Crippen LogP contribution in [0, 0.1) is 11.8 Å². The van der Waals surface area contributed by atoms with Crippen molar-refractivity contribution in [2.75, 3.05) is 25.0 Å². The van der Waals surface area contributed by atoms with Gasteiger partial charge in [-0.05, 0) is 36.8 Å². The number of rotatable bonds is 4. The molecule has 1 aliphatic heterocycles. The first kappa shape index (κ1) is 14.8. The van der Waals surface area contributed by atoms with Gasteiger partial charge in [-0.1, -0.05) is 20.8 Å². The van der Waals surface area contributed by atoms with Crippen molar-refractivity contribution in [3.8, 4) is 0 Å². The van der Waals surface area contributed by atoms with Gasteiger partial charge < -0.3 is 10.2 Å². The van der Waals surface area contributed by atoms with E-state index in [4.69, 9.17) is 0 Å². The van der Waals surface area contributed by atoms with Crippen LogP contribution < -0.4 is 5.32 Å². The molecule has 1 amide bonds. The highest BCUT2D eigenvalue weighted by Crippen LogP contribution is 2.23. The van der Waals surface area contributed by atoms with E-state index >= 15 is 0 Å². The largest absolute Gasteiger partial charge is 0.369 e. The zero-order chi connectivity index (χ0) is 14.5. The topological polar surface area (TPSA) is 58.1 Å². The Morgan fingerprint density at radius 2 is 2.15 bits per heavy atom. The van der Waals surface area contributed by atoms with Crippen molar-refractivity contribution in [2.45, 2.75) is 33.6 Å². The summed E-state index contributed by atoms with van der Waals surface area (Å²) in [6.45, 7) is 9.05. The third kappa shape index (κ3) is 3.46. The predicted molar refractivity (Wildman–Crippen MR) is 79.7 cm³/mol. The van der Waals surface area contributed by atoms with E-state index in [2.05, 4.69) is 36.3 Å². The number of piperidine rings is 1. The van der Waals surface area contributed by atoms with Crippen LogP contribution >= 0.6 is 0 Å². The van der Waals surface area contributed by atoms with Gasteiger partial charge in [0.2, 0.25) is 0 Å². The molecule has 1 N–H and O–H groups in total. The number of aromatic nitrogens is 2. The molecule has 2 heterocycles. The zero-order valence-corrected chi connectivity index (χ0v) is 12.6. The van der Waals surface area contributed by atoms with E-state index in [0.29, 0.717) is 17.5 Å². The van der Waals surface area contributed by atoms with Crippen molar-refractivity contribution in [3.05, 3.63) is 17.8 Å². The van der Waals surface area contributed by atoms with Gasteiger partial charge in [-0.25, -0.2) is 0 Å². The molecule has 110 valence electrons. The normalized spacial score (nSPS) is 22.6. The van der Waals surface area contributed by atoms with E-state index < -0.39 is 0 Å². The number of nitrogens with zero attached hydrogens (tertiary/aromatic N) is 3. The number of carbonyl (C=O) groups is 1. The Morgan fingerprint density at radius 3 is 2.75 bits per heavy atom. The second-order valence-electron chi connectivity index (χ2n) is 5.73.